The van der Waals surface area contributed by atoms with E-state index in [2.05, 4.69) is 5.10 Å². The van der Waals surface area contributed by atoms with Gasteiger partial charge in [0.25, 0.3) is 11.7 Å². The predicted molar refractivity (Wildman–Crippen MR) is 132 cm³/mol. The van der Waals surface area contributed by atoms with Gasteiger partial charge in [-0.1, -0.05) is 29.8 Å². The Hall–Kier alpha value is -3.60. The van der Waals surface area contributed by atoms with Gasteiger partial charge in [-0.3, -0.25) is 24.3 Å². The van der Waals surface area contributed by atoms with Gasteiger partial charge in [0.2, 0.25) is 5.91 Å². The molecule has 2 amide bonds. The van der Waals surface area contributed by atoms with Crippen molar-refractivity contribution in [1.82, 2.24) is 15.1 Å². The van der Waals surface area contributed by atoms with E-state index in [-0.39, 0.29) is 30.2 Å². The van der Waals surface area contributed by atoms with Crippen molar-refractivity contribution in [2.45, 2.75) is 26.9 Å². The molecule has 0 aliphatic heterocycles. The molecule has 3 aromatic rings. The molecule has 3 rings (SSSR count). The highest BCUT2D eigenvalue weighted by Gasteiger charge is 2.35. The molecule has 0 radical (unpaired) electrons. The Morgan fingerprint density at radius 2 is 1.55 bits per heavy atom. The van der Waals surface area contributed by atoms with E-state index >= 15 is 0 Å². The number of Topliss-reactive ketones (excluding diaryl/α,β-unsaturated/α-hetero) is 1. The van der Waals surface area contributed by atoms with Crippen LogP contribution in [0.2, 0.25) is 0 Å². The van der Waals surface area contributed by atoms with Crippen molar-refractivity contribution in [3.05, 3.63) is 71.4 Å². The molecule has 0 aliphatic rings. The van der Waals surface area contributed by atoms with Gasteiger partial charge in [0.1, 0.15) is 6.16 Å². The first-order valence-electron chi connectivity index (χ1n) is 11.5. The number of alkyl halides is 3. The van der Waals surface area contributed by atoms with E-state index < -0.39 is 43.2 Å². The molecule has 0 fully saturated rings. The zero-order valence-electron chi connectivity index (χ0n) is 20.7. The van der Waals surface area contributed by atoms with Gasteiger partial charge >= 0.3 is 13.8 Å². The molecular weight excluding hydrogens is 526 g/mol. The number of amides is 2. The molecular formula is C25H25F3N3O6P. The summed E-state index contributed by atoms with van der Waals surface area (Å²) in [5.41, 5.74) is 0.577. The van der Waals surface area contributed by atoms with E-state index in [0.717, 1.165) is 16.3 Å². The highest BCUT2D eigenvalue weighted by Crippen LogP contribution is 2.47. The summed E-state index contributed by atoms with van der Waals surface area (Å²) in [6, 6.07) is 12.9. The first-order chi connectivity index (χ1) is 17.9. The summed E-state index contributed by atoms with van der Waals surface area (Å²) in [5.74, 6) is -3.38. The number of halogens is 3. The van der Waals surface area contributed by atoms with Gasteiger partial charge in [-0.05, 0) is 51.1 Å². The molecule has 9 nitrogen and oxygen atoms in total. The fraction of sp³-hybridized carbons (Fsp3) is 0.280. The number of aromatic nitrogens is 2. The number of rotatable bonds is 10. The van der Waals surface area contributed by atoms with E-state index in [0.29, 0.717) is 5.56 Å². The van der Waals surface area contributed by atoms with Crippen molar-refractivity contribution in [2.75, 3.05) is 19.4 Å². The van der Waals surface area contributed by atoms with Gasteiger partial charge in [0, 0.05) is 11.1 Å². The molecule has 13 heteroatoms. The summed E-state index contributed by atoms with van der Waals surface area (Å²) in [5, 5.41) is 5.55. The Kier molecular flexibility index (Phi) is 9.03. The molecule has 0 saturated heterocycles. The second-order valence-corrected chi connectivity index (χ2v) is 10.1. The van der Waals surface area contributed by atoms with E-state index in [9.17, 15) is 32.1 Å². The number of hydrogen-bond acceptors (Lipinski definition) is 7. The molecule has 1 heterocycles. The first kappa shape index (κ1) is 29.0. The Labute approximate surface area is 216 Å². The number of benzene rings is 2. The van der Waals surface area contributed by atoms with Crippen LogP contribution in [-0.4, -0.2) is 46.8 Å². The molecule has 0 unspecified atom stereocenters. The van der Waals surface area contributed by atoms with Crippen molar-refractivity contribution < 1.29 is 41.2 Å². The third-order valence-electron chi connectivity index (χ3n) is 5.17. The van der Waals surface area contributed by atoms with E-state index in [1.54, 1.807) is 38.1 Å². The van der Waals surface area contributed by atoms with Crippen LogP contribution in [0.15, 0.2) is 54.6 Å². The Morgan fingerprint density at radius 3 is 2.08 bits per heavy atom. The van der Waals surface area contributed by atoms with Crippen LogP contribution in [0, 0.1) is 6.92 Å². The minimum Gasteiger partial charge on any atom is -0.309 e. The Balaban J connectivity index is 1.81. The molecule has 2 aromatic carbocycles. The quantitative estimate of drug-likeness (QED) is 0.215. The van der Waals surface area contributed by atoms with Gasteiger partial charge in [-0.15, -0.1) is 0 Å². The van der Waals surface area contributed by atoms with Crippen molar-refractivity contribution in [3.63, 3.8) is 0 Å². The van der Waals surface area contributed by atoms with Crippen LogP contribution in [0.25, 0.3) is 16.9 Å². The summed E-state index contributed by atoms with van der Waals surface area (Å²) in [6.45, 7) is 4.97. The molecule has 1 N–H and O–H groups in total. The summed E-state index contributed by atoms with van der Waals surface area (Å²) in [6.07, 6.45) is -5.44. The average molecular weight is 551 g/mol. The maximum Gasteiger partial charge on any atom is 0.435 e. The fourth-order valence-electron chi connectivity index (χ4n) is 3.45. The lowest BCUT2D eigenvalue weighted by molar-refractivity contribution is -0.141. The van der Waals surface area contributed by atoms with E-state index in [1.807, 2.05) is 12.2 Å². The predicted octanol–water partition coefficient (Wildman–Crippen LogP) is 4.96. The first-order valence-corrected chi connectivity index (χ1v) is 13.2. The molecule has 0 spiro atoms. The highest BCUT2D eigenvalue weighted by molar-refractivity contribution is 7.54. The average Bonchev–Trinajstić information content (AvgIpc) is 3.30. The molecule has 1 aromatic heterocycles. The van der Waals surface area contributed by atoms with Crippen molar-refractivity contribution in [2.24, 2.45) is 0 Å². The van der Waals surface area contributed by atoms with Gasteiger partial charge < -0.3 is 9.05 Å². The normalized spacial score (nSPS) is 11.8. The lowest BCUT2D eigenvalue weighted by Crippen LogP contribution is -2.38. The lowest BCUT2D eigenvalue weighted by Gasteiger charge is -2.16. The Bertz CT molecular complexity index is 1360. The Morgan fingerprint density at radius 1 is 0.974 bits per heavy atom. The van der Waals surface area contributed by atoms with Crippen LogP contribution in [0.5, 0.6) is 0 Å². The minimum atomic E-state index is -4.68. The van der Waals surface area contributed by atoms with Crippen LogP contribution in [0.4, 0.5) is 13.2 Å². The number of nitrogens with one attached hydrogen (secondary N) is 1. The lowest BCUT2D eigenvalue weighted by atomic mass is 10.1. The maximum absolute atomic E-state index is 13.4. The number of imide groups is 1. The van der Waals surface area contributed by atoms with Crippen molar-refractivity contribution in [1.29, 1.82) is 0 Å². The van der Waals surface area contributed by atoms with Crippen LogP contribution < -0.4 is 5.32 Å². The molecule has 0 saturated carbocycles. The monoisotopic (exact) mass is 551 g/mol. The minimum absolute atomic E-state index is 0.0100. The maximum atomic E-state index is 13.4. The van der Waals surface area contributed by atoms with Crippen LogP contribution in [0.3, 0.4) is 0 Å². The second kappa shape index (κ2) is 11.8. The third-order valence-corrected chi connectivity index (χ3v) is 7.15. The number of hydrogen-bond donors (Lipinski definition) is 1. The van der Waals surface area contributed by atoms with Crippen LogP contribution >= 0.6 is 7.60 Å². The third kappa shape index (κ3) is 7.03. The highest BCUT2D eigenvalue weighted by atomic mass is 31.2. The summed E-state index contributed by atoms with van der Waals surface area (Å²) >= 11 is 0. The fourth-order valence-corrected chi connectivity index (χ4v) is 4.93. The zero-order valence-corrected chi connectivity index (χ0v) is 21.6. The molecule has 0 bridgehead atoms. The number of carbonyl (C=O) groups excluding carboxylic acids is 3. The van der Waals surface area contributed by atoms with Gasteiger partial charge in [0.05, 0.1) is 24.6 Å². The van der Waals surface area contributed by atoms with Gasteiger partial charge in [0.15, 0.2) is 5.69 Å². The second-order valence-electron chi connectivity index (χ2n) is 8.05. The zero-order chi connectivity index (χ0) is 28.1. The number of ketones is 1. The van der Waals surface area contributed by atoms with E-state index in [1.165, 1.54) is 24.3 Å². The van der Waals surface area contributed by atoms with Crippen molar-refractivity contribution in [3.8, 4) is 16.9 Å². The SMILES string of the molecule is CCOP(=O)(CC(=O)NC(=O)C(=O)c1ccc(-n2nc(C(F)(F)F)cc2-c2ccc(C)cc2)cc1)OCC. The largest absolute Gasteiger partial charge is 0.435 e. The van der Waals surface area contributed by atoms with Crippen LogP contribution in [0.1, 0.15) is 35.5 Å². The standard InChI is InChI=1S/C25H25F3N3O6P/c1-4-36-38(35,37-5-2)15-22(32)29-24(34)23(33)18-10-12-19(13-11-18)31-20(14-21(30-31)25(26,27)28)17-8-6-16(3)7-9-17/h6-14H,4-5,15H2,1-3H3,(H,29,32,34). The topological polar surface area (TPSA) is 117 Å². The van der Waals surface area contributed by atoms with Crippen molar-refractivity contribution >= 4 is 25.2 Å². The molecule has 0 aliphatic carbocycles. The van der Waals surface area contributed by atoms with E-state index in [4.69, 9.17) is 9.05 Å². The number of nitrogens with zero attached hydrogens (tertiary/aromatic N) is 2. The summed E-state index contributed by atoms with van der Waals surface area (Å²) in [7, 11) is -3.78. The number of carbonyl (C=O) groups is 3. The van der Waals surface area contributed by atoms with Gasteiger partial charge in [-0.25, -0.2) is 4.68 Å². The molecule has 0 atom stereocenters. The summed E-state index contributed by atoms with van der Waals surface area (Å²) < 4.78 is 63.7. The smallest absolute Gasteiger partial charge is 0.309 e. The molecule has 202 valence electrons. The number of aryl methyl sites for hydroxylation is 1. The summed E-state index contributed by atoms with van der Waals surface area (Å²) in [4.78, 5) is 37.0. The van der Waals surface area contributed by atoms with Crippen LogP contribution in [-0.2, 0) is 29.4 Å². The van der Waals surface area contributed by atoms with Gasteiger partial charge in [-0.2, -0.15) is 18.3 Å². The molecule has 38 heavy (non-hydrogen) atoms.